The lowest BCUT2D eigenvalue weighted by molar-refractivity contribution is 0.414. The van der Waals surface area contributed by atoms with Crippen molar-refractivity contribution >= 4 is 15.9 Å². The van der Waals surface area contributed by atoms with E-state index in [-0.39, 0.29) is 11.9 Å². The summed E-state index contributed by atoms with van der Waals surface area (Å²) >= 11 is 3.43. The number of hydrogen-bond donors (Lipinski definition) is 2. The quantitative estimate of drug-likeness (QED) is 0.663. The van der Waals surface area contributed by atoms with Crippen LogP contribution in [0.3, 0.4) is 0 Å². The van der Waals surface area contributed by atoms with Crippen LogP contribution in [0.4, 0.5) is 4.39 Å². The van der Waals surface area contributed by atoms with Gasteiger partial charge >= 0.3 is 0 Å². The summed E-state index contributed by atoms with van der Waals surface area (Å²) in [5.74, 6) is 6.15. The average Bonchev–Trinajstić information content (AvgIpc) is 2.44. The number of aryl methyl sites for hydroxylation is 1. The molecule has 20 heavy (non-hydrogen) atoms. The van der Waals surface area contributed by atoms with Crippen molar-refractivity contribution in [3.8, 4) is 5.75 Å². The molecule has 1 atom stereocenters. The van der Waals surface area contributed by atoms with E-state index in [1.54, 1.807) is 13.2 Å². The van der Waals surface area contributed by atoms with Gasteiger partial charge in [-0.3, -0.25) is 5.84 Å². The van der Waals surface area contributed by atoms with Crippen molar-refractivity contribution in [1.29, 1.82) is 0 Å². The average molecular weight is 339 g/mol. The number of rotatable bonds is 4. The van der Waals surface area contributed by atoms with Gasteiger partial charge in [-0.05, 0) is 53.9 Å². The van der Waals surface area contributed by atoms with E-state index >= 15 is 0 Å². The summed E-state index contributed by atoms with van der Waals surface area (Å²) in [6.45, 7) is 1.97. The van der Waals surface area contributed by atoms with Gasteiger partial charge in [0, 0.05) is 4.47 Å². The molecule has 0 aliphatic carbocycles. The Balaban J connectivity index is 2.49. The van der Waals surface area contributed by atoms with Gasteiger partial charge in [0.15, 0.2) is 0 Å². The minimum Gasteiger partial charge on any atom is -0.497 e. The number of halogens is 2. The van der Waals surface area contributed by atoms with E-state index in [1.807, 2.05) is 25.1 Å². The number of nitrogens with one attached hydrogen (secondary N) is 1. The molecule has 0 heterocycles. The fourth-order valence-electron chi connectivity index (χ4n) is 2.18. The minimum absolute atomic E-state index is 0.297. The summed E-state index contributed by atoms with van der Waals surface area (Å²) < 4.78 is 19.5. The second kappa shape index (κ2) is 6.35. The molecule has 3 nitrogen and oxygen atoms in total. The van der Waals surface area contributed by atoms with Crippen LogP contribution < -0.4 is 16.0 Å². The second-order valence-electron chi connectivity index (χ2n) is 4.49. The van der Waals surface area contributed by atoms with E-state index in [2.05, 4.69) is 21.4 Å². The zero-order valence-corrected chi connectivity index (χ0v) is 12.9. The first-order valence-electron chi connectivity index (χ1n) is 6.12. The molecule has 5 heteroatoms. The normalized spacial score (nSPS) is 12.2. The topological polar surface area (TPSA) is 47.3 Å². The van der Waals surface area contributed by atoms with Gasteiger partial charge in [-0.2, -0.15) is 0 Å². The highest BCUT2D eigenvalue weighted by atomic mass is 79.9. The molecule has 2 aromatic rings. The molecule has 0 bridgehead atoms. The van der Waals surface area contributed by atoms with Gasteiger partial charge < -0.3 is 4.74 Å². The molecular formula is C15H16BrFN2O. The SMILES string of the molecule is COc1ccc(C(NN)c2cc(F)ccc2Br)c(C)c1. The van der Waals surface area contributed by atoms with Crippen LogP contribution in [0, 0.1) is 12.7 Å². The summed E-state index contributed by atoms with van der Waals surface area (Å²) in [5.41, 5.74) is 5.48. The van der Waals surface area contributed by atoms with Crippen molar-refractivity contribution in [2.45, 2.75) is 13.0 Å². The second-order valence-corrected chi connectivity index (χ2v) is 5.34. The molecule has 0 radical (unpaired) electrons. The number of nitrogens with two attached hydrogens (primary N) is 1. The molecule has 0 saturated carbocycles. The molecule has 0 saturated heterocycles. The number of hydrogen-bond acceptors (Lipinski definition) is 3. The van der Waals surface area contributed by atoms with Crippen molar-refractivity contribution in [2.75, 3.05) is 7.11 Å². The molecule has 3 N–H and O–H groups in total. The van der Waals surface area contributed by atoms with Gasteiger partial charge in [0.25, 0.3) is 0 Å². The van der Waals surface area contributed by atoms with Crippen LogP contribution in [0.15, 0.2) is 40.9 Å². The van der Waals surface area contributed by atoms with Gasteiger partial charge in [-0.1, -0.05) is 22.0 Å². The minimum atomic E-state index is -0.300. The summed E-state index contributed by atoms with van der Waals surface area (Å²) in [5, 5.41) is 0. The lowest BCUT2D eigenvalue weighted by Crippen LogP contribution is -2.29. The maximum absolute atomic E-state index is 13.5. The maximum atomic E-state index is 13.5. The van der Waals surface area contributed by atoms with E-state index < -0.39 is 0 Å². The molecule has 0 aliphatic rings. The highest BCUT2D eigenvalue weighted by Gasteiger charge is 2.18. The molecule has 2 rings (SSSR count). The first-order chi connectivity index (χ1) is 9.56. The van der Waals surface area contributed by atoms with E-state index in [9.17, 15) is 4.39 Å². The zero-order valence-electron chi connectivity index (χ0n) is 11.3. The van der Waals surface area contributed by atoms with E-state index in [0.717, 1.165) is 26.9 Å². The molecule has 2 aromatic carbocycles. The van der Waals surface area contributed by atoms with Gasteiger partial charge in [0.2, 0.25) is 0 Å². The largest absolute Gasteiger partial charge is 0.497 e. The summed E-state index contributed by atoms with van der Waals surface area (Å²) in [7, 11) is 1.62. The molecule has 0 spiro atoms. The Morgan fingerprint density at radius 3 is 2.55 bits per heavy atom. The van der Waals surface area contributed by atoms with E-state index in [1.165, 1.54) is 12.1 Å². The fourth-order valence-corrected chi connectivity index (χ4v) is 2.66. The number of hydrazine groups is 1. The lowest BCUT2D eigenvalue weighted by atomic mass is 9.95. The molecular weight excluding hydrogens is 323 g/mol. The highest BCUT2D eigenvalue weighted by molar-refractivity contribution is 9.10. The fraction of sp³-hybridized carbons (Fsp3) is 0.200. The van der Waals surface area contributed by atoms with Crippen LogP contribution in [0.2, 0.25) is 0 Å². The van der Waals surface area contributed by atoms with Gasteiger partial charge in [-0.15, -0.1) is 0 Å². The van der Waals surface area contributed by atoms with E-state index in [0.29, 0.717) is 0 Å². The first kappa shape index (κ1) is 15.0. The van der Waals surface area contributed by atoms with Gasteiger partial charge in [0.1, 0.15) is 11.6 Å². The highest BCUT2D eigenvalue weighted by Crippen LogP contribution is 2.31. The van der Waals surface area contributed by atoms with Crippen molar-refractivity contribution in [2.24, 2.45) is 5.84 Å². The standard InChI is InChI=1S/C15H16BrFN2O/c1-9-7-11(20-2)4-5-12(9)15(19-18)13-8-10(17)3-6-14(13)16/h3-8,15,19H,18H2,1-2H3. The van der Waals surface area contributed by atoms with Crippen LogP contribution in [-0.4, -0.2) is 7.11 Å². The number of benzene rings is 2. The molecule has 0 aliphatic heterocycles. The van der Waals surface area contributed by atoms with E-state index in [4.69, 9.17) is 10.6 Å². The predicted molar refractivity (Wildman–Crippen MR) is 81.0 cm³/mol. The van der Waals surface area contributed by atoms with Crippen molar-refractivity contribution in [1.82, 2.24) is 5.43 Å². The van der Waals surface area contributed by atoms with Gasteiger partial charge in [-0.25, -0.2) is 9.82 Å². The maximum Gasteiger partial charge on any atom is 0.123 e. The lowest BCUT2D eigenvalue weighted by Gasteiger charge is -2.21. The monoisotopic (exact) mass is 338 g/mol. The van der Waals surface area contributed by atoms with Crippen molar-refractivity contribution < 1.29 is 9.13 Å². The Kier molecular flexibility index (Phi) is 4.75. The first-order valence-corrected chi connectivity index (χ1v) is 6.91. The van der Waals surface area contributed by atoms with Gasteiger partial charge in [0.05, 0.1) is 13.2 Å². The smallest absolute Gasteiger partial charge is 0.123 e. The third-order valence-corrected chi connectivity index (χ3v) is 3.95. The summed E-state index contributed by atoms with van der Waals surface area (Å²) in [4.78, 5) is 0. The third kappa shape index (κ3) is 3.00. The summed E-state index contributed by atoms with van der Waals surface area (Å²) in [6, 6.07) is 9.96. The van der Waals surface area contributed by atoms with Crippen LogP contribution in [0.1, 0.15) is 22.7 Å². The van der Waals surface area contributed by atoms with Crippen LogP contribution in [0.25, 0.3) is 0 Å². The molecule has 1 unspecified atom stereocenters. The Hall–Kier alpha value is -1.43. The number of methoxy groups -OCH3 is 1. The Morgan fingerprint density at radius 2 is 1.95 bits per heavy atom. The Bertz CT molecular complexity index is 619. The zero-order chi connectivity index (χ0) is 14.7. The van der Waals surface area contributed by atoms with Crippen LogP contribution >= 0.6 is 15.9 Å². The third-order valence-electron chi connectivity index (χ3n) is 3.22. The van der Waals surface area contributed by atoms with Crippen molar-refractivity contribution in [3.05, 3.63) is 63.4 Å². The molecule has 0 amide bonds. The predicted octanol–water partition coefficient (Wildman–Crippen LogP) is 3.46. The van der Waals surface area contributed by atoms with Crippen molar-refractivity contribution in [3.63, 3.8) is 0 Å². The molecule has 0 fully saturated rings. The van der Waals surface area contributed by atoms with Crippen LogP contribution in [0.5, 0.6) is 5.75 Å². The van der Waals surface area contributed by atoms with Crippen LogP contribution in [-0.2, 0) is 0 Å². The molecule has 106 valence electrons. The summed E-state index contributed by atoms with van der Waals surface area (Å²) in [6.07, 6.45) is 0. The molecule has 0 aromatic heterocycles. The Morgan fingerprint density at radius 1 is 1.20 bits per heavy atom. The number of ether oxygens (including phenoxy) is 1. The Labute approximate surface area is 126 Å².